The third-order valence-electron chi connectivity index (χ3n) is 2.90. The lowest BCUT2D eigenvalue weighted by molar-refractivity contribution is 0.162. The van der Waals surface area contributed by atoms with Gasteiger partial charge in [-0.05, 0) is 38.1 Å². The van der Waals surface area contributed by atoms with E-state index in [1.165, 1.54) is 0 Å². The van der Waals surface area contributed by atoms with Gasteiger partial charge in [-0.15, -0.1) is 0 Å². The Bertz CT molecular complexity index is 522. The van der Waals surface area contributed by atoms with E-state index in [0.29, 0.717) is 5.02 Å². The van der Waals surface area contributed by atoms with Crippen LogP contribution in [0.4, 0.5) is 0 Å². The van der Waals surface area contributed by atoms with Crippen molar-refractivity contribution in [2.24, 2.45) is 0 Å². The number of hydrogen-bond acceptors (Lipinski definition) is 4. The molecule has 0 bridgehead atoms. The van der Waals surface area contributed by atoms with Gasteiger partial charge in [0.15, 0.2) is 0 Å². The summed E-state index contributed by atoms with van der Waals surface area (Å²) in [4.78, 5) is 4.45. The predicted octanol–water partition coefficient (Wildman–Crippen LogP) is 3.08. The summed E-state index contributed by atoms with van der Waals surface area (Å²) < 4.78 is 6.99. The van der Waals surface area contributed by atoms with E-state index in [0.717, 1.165) is 41.3 Å². The zero-order valence-electron chi connectivity index (χ0n) is 9.28. The second-order valence-electron chi connectivity index (χ2n) is 4.13. The highest BCUT2D eigenvalue weighted by molar-refractivity contribution is 7.20. The van der Waals surface area contributed by atoms with E-state index in [9.17, 15) is 0 Å². The van der Waals surface area contributed by atoms with Crippen LogP contribution in [0.15, 0.2) is 18.2 Å². The van der Waals surface area contributed by atoms with Gasteiger partial charge in [-0.2, -0.15) is 0 Å². The Labute approximate surface area is 109 Å². The molecule has 1 aromatic carbocycles. The number of rotatable bonds is 2. The number of aromatic nitrogens is 1. The van der Waals surface area contributed by atoms with Gasteiger partial charge in [-0.1, -0.05) is 29.0 Å². The Morgan fingerprint density at radius 3 is 2.94 bits per heavy atom. The minimum absolute atomic E-state index is 0.288. The summed E-state index contributed by atoms with van der Waals surface area (Å²) in [5.41, 5.74) is 0.850. The van der Waals surface area contributed by atoms with E-state index in [4.69, 9.17) is 16.3 Å². The van der Waals surface area contributed by atoms with Crippen LogP contribution in [0.1, 0.15) is 12.8 Å². The van der Waals surface area contributed by atoms with Crippen LogP contribution in [0.25, 0.3) is 10.2 Å². The summed E-state index contributed by atoms with van der Waals surface area (Å²) in [6.07, 6.45) is 2.38. The molecule has 90 valence electrons. The summed E-state index contributed by atoms with van der Waals surface area (Å²) >= 11 is 7.66. The normalized spacial score (nSPS) is 17.5. The highest BCUT2D eigenvalue weighted by atomic mass is 35.5. The molecule has 0 unspecified atom stereocenters. The quantitative estimate of drug-likeness (QED) is 0.909. The van der Waals surface area contributed by atoms with Crippen LogP contribution >= 0.6 is 22.9 Å². The minimum Gasteiger partial charge on any atom is -0.467 e. The summed E-state index contributed by atoms with van der Waals surface area (Å²) in [7, 11) is 0. The fourth-order valence-electron chi connectivity index (χ4n) is 2.00. The highest BCUT2D eigenvalue weighted by Gasteiger charge is 2.16. The molecule has 0 spiro atoms. The molecule has 1 aliphatic rings. The first-order valence-corrected chi connectivity index (χ1v) is 6.95. The van der Waals surface area contributed by atoms with Gasteiger partial charge >= 0.3 is 0 Å². The molecule has 0 saturated carbocycles. The van der Waals surface area contributed by atoms with Crippen molar-refractivity contribution >= 4 is 33.2 Å². The van der Waals surface area contributed by atoms with Gasteiger partial charge in [0.25, 0.3) is 5.19 Å². The lowest BCUT2D eigenvalue weighted by atomic mass is 10.1. The Morgan fingerprint density at radius 1 is 1.35 bits per heavy atom. The average molecular weight is 269 g/mol. The maximum Gasteiger partial charge on any atom is 0.274 e. The van der Waals surface area contributed by atoms with Gasteiger partial charge in [0.05, 0.1) is 9.72 Å². The van der Waals surface area contributed by atoms with E-state index in [1.54, 1.807) is 11.3 Å². The Kier molecular flexibility index (Phi) is 3.18. The van der Waals surface area contributed by atoms with E-state index in [1.807, 2.05) is 18.2 Å². The van der Waals surface area contributed by atoms with Crippen molar-refractivity contribution < 1.29 is 4.74 Å². The van der Waals surface area contributed by atoms with Crippen LogP contribution < -0.4 is 10.1 Å². The molecule has 1 aliphatic heterocycles. The van der Waals surface area contributed by atoms with Crippen LogP contribution in [-0.2, 0) is 0 Å². The standard InChI is InChI=1S/C12H13ClN2OS/c13-9-2-1-3-10-11(9)15-12(17-10)16-8-4-6-14-7-5-8/h1-3,8,14H,4-7H2. The van der Waals surface area contributed by atoms with Crippen molar-refractivity contribution in [1.82, 2.24) is 10.3 Å². The van der Waals surface area contributed by atoms with Crippen LogP contribution in [0, 0.1) is 0 Å². The SMILES string of the molecule is Clc1cccc2sc(OC3CCNCC3)nc12. The molecule has 1 saturated heterocycles. The number of nitrogens with one attached hydrogen (secondary N) is 1. The van der Waals surface area contributed by atoms with Gasteiger partial charge in [0.1, 0.15) is 11.6 Å². The van der Waals surface area contributed by atoms with E-state index in [2.05, 4.69) is 10.3 Å². The third-order valence-corrected chi connectivity index (χ3v) is 4.12. The number of hydrogen-bond donors (Lipinski definition) is 1. The average Bonchev–Trinajstić information content (AvgIpc) is 2.74. The Morgan fingerprint density at radius 2 is 2.18 bits per heavy atom. The van der Waals surface area contributed by atoms with E-state index in [-0.39, 0.29) is 6.10 Å². The molecule has 5 heteroatoms. The third kappa shape index (κ3) is 2.39. The molecule has 3 rings (SSSR count). The summed E-state index contributed by atoms with van der Waals surface area (Å²) in [5.74, 6) is 0. The number of nitrogens with zero attached hydrogens (tertiary/aromatic N) is 1. The molecule has 0 atom stereocenters. The van der Waals surface area contributed by atoms with Gasteiger partial charge in [0, 0.05) is 0 Å². The van der Waals surface area contributed by atoms with Crippen molar-refractivity contribution in [1.29, 1.82) is 0 Å². The molecule has 17 heavy (non-hydrogen) atoms. The zero-order valence-corrected chi connectivity index (χ0v) is 10.9. The van der Waals surface area contributed by atoms with Crippen LogP contribution in [0.5, 0.6) is 5.19 Å². The number of thiazole rings is 1. The van der Waals surface area contributed by atoms with Crippen LogP contribution in [-0.4, -0.2) is 24.2 Å². The van der Waals surface area contributed by atoms with Crippen molar-refractivity contribution in [2.75, 3.05) is 13.1 Å². The summed E-state index contributed by atoms with van der Waals surface area (Å²) in [6.45, 7) is 2.05. The topological polar surface area (TPSA) is 34.1 Å². The lowest BCUT2D eigenvalue weighted by Gasteiger charge is -2.22. The number of benzene rings is 1. The van der Waals surface area contributed by atoms with E-state index >= 15 is 0 Å². The summed E-state index contributed by atoms with van der Waals surface area (Å²) in [6, 6.07) is 5.82. The molecule has 0 aliphatic carbocycles. The predicted molar refractivity (Wildman–Crippen MR) is 71.1 cm³/mol. The van der Waals surface area contributed by atoms with Crippen molar-refractivity contribution in [2.45, 2.75) is 18.9 Å². The molecule has 2 aromatic rings. The first kappa shape index (κ1) is 11.3. The second-order valence-corrected chi connectivity index (χ2v) is 5.53. The highest BCUT2D eigenvalue weighted by Crippen LogP contribution is 2.33. The number of para-hydroxylation sites is 1. The molecule has 1 aromatic heterocycles. The lowest BCUT2D eigenvalue weighted by Crippen LogP contribution is -2.34. The van der Waals surface area contributed by atoms with Crippen molar-refractivity contribution in [3.8, 4) is 5.19 Å². The molecule has 1 N–H and O–H groups in total. The van der Waals surface area contributed by atoms with E-state index < -0.39 is 0 Å². The fourth-order valence-corrected chi connectivity index (χ4v) is 3.18. The molecule has 1 fully saturated rings. The molecule has 2 heterocycles. The molecule has 3 nitrogen and oxygen atoms in total. The van der Waals surface area contributed by atoms with Crippen LogP contribution in [0.2, 0.25) is 5.02 Å². The van der Waals surface area contributed by atoms with Gasteiger partial charge in [-0.25, -0.2) is 4.98 Å². The maximum absolute atomic E-state index is 6.09. The largest absolute Gasteiger partial charge is 0.467 e. The smallest absolute Gasteiger partial charge is 0.274 e. The summed E-state index contributed by atoms with van der Waals surface area (Å²) in [5, 5.41) is 4.75. The monoisotopic (exact) mass is 268 g/mol. The first-order valence-electron chi connectivity index (χ1n) is 5.75. The number of ether oxygens (including phenoxy) is 1. The van der Waals surface area contributed by atoms with Gasteiger partial charge in [0.2, 0.25) is 0 Å². The second kappa shape index (κ2) is 4.80. The molecular weight excluding hydrogens is 256 g/mol. The Balaban J connectivity index is 1.83. The van der Waals surface area contributed by atoms with Crippen LogP contribution in [0.3, 0.4) is 0 Å². The Hall–Kier alpha value is -0.840. The zero-order chi connectivity index (χ0) is 11.7. The molecule has 0 radical (unpaired) electrons. The number of fused-ring (bicyclic) bond motifs is 1. The minimum atomic E-state index is 0.288. The first-order chi connectivity index (χ1) is 8.33. The van der Waals surface area contributed by atoms with Gasteiger partial charge < -0.3 is 10.1 Å². The molecule has 0 amide bonds. The fraction of sp³-hybridized carbons (Fsp3) is 0.417. The number of piperidine rings is 1. The maximum atomic E-state index is 6.09. The molecular formula is C12H13ClN2OS. The van der Waals surface area contributed by atoms with Crippen molar-refractivity contribution in [3.05, 3.63) is 23.2 Å². The number of halogens is 1. The van der Waals surface area contributed by atoms with Gasteiger partial charge in [-0.3, -0.25) is 0 Å². The van der Waals surface area contributed by atoms with Crippen molar-refractivity contribution in [3.63, 3.8) is 0 Å².